The molecule has 2 aromatic rings. The van der Waals surface area contributed by atoms with Gasteiger partial charge in [0, 0.05) is 6.20 Å². The summed E-state index contributed by atoms with van der Waals surface area (Å²) < 4.78 is 5.84. The molecule has 0 spiro atoms. The summed E-state index contributed by atoms with van der Waals surface area (Å²) in [4.78, 5) is 8.64. The maximum atomic E-state index is 5.84. The highest BCUT2D eigenvalue weighted by atomic mass is 28.3. The molecule has 4 heteroatoms. The first-order valence-electron chi connectivity index (χ1n) is 5.96. The summed E-state index contributed by atoms with van der Waals surface area (Å²) in [5.41, 5.74) is 1.69. The Labute approximate surface area is 109 Å². The molecule has 18 heavy (non-hydrogen) atoms. The van der Waals surface area contributed by atoms with E-state index in [2.05, 4.69) is 23.1 Å². The Bertz CT molecular complexity index is 526. The fourth-order valence-corrected chi connectivity index (χ4v) is 2.21. The van der Waals surface area contributed by atoms with Crippen molar-refractivity contribution in [2.45, 2.75) is 13.1 Å². The second-order valence-electron chi connectivity index (χ2n) is 4.15. The van der Waals surface area contributed by atoms with Crippen molar-refractivity contribution in [3.05, 3.63) is 54.4 Å². The topological polar surface area (TPSA) is 34.5 Å². The SMILES string of the molecule is C[SiH](C)Oc1ccccc1N=Cc1ccccn1. The Balaban J connectivity index is 2.21. The zero-order valence-electron chi connectivity index (χ0n) is 10.6. The van der Waals surface area contributed by atoms with E-state index in [1.165, 1.54) is 0 Å². The molecule has 0 N–H and O–H groups in total. The molecule has 0 unspecified atom stereocenters. The van der Waals surface area contributed by atoms with E-state index >= 15 is 0 Å². The van der Waals surface area contributed by atoms with Gasteiger partial charge in [-0.3, -0.25) is 9.98 Å². The lowest BCUT2D eigenvalue weighted by atomic mass is 10.3. The van der Waals surface area contributed by atoms with Crippen molar-refractivity contribution in [2.24, 2.45) is 4.99 Å². The molecule has 1 aromatic carbocycles. The fraction of sp³-hybridized carbons (Fsp3) is 0.143. The van der Waals surface area contributed by atoms with E-state index in [0.29, 0.717) is 0 Å². The Hall–Kier alpha value is -1.94. The van der Waals surface area contributed by atoms with Crippen molar-refractivity contribution in [2.75, 3.05) is 0 Å². The lowest BCUT2D eigenvalue weighted by molar-refractivity contribution is 0.582. The van der Waals surface area contributed by atoms with Gasteiger partial charge in [-0.2, -0.15) is 0 Å². The smallest absolute Gasteiger partial charge is 0.229 e. The van der Waals surface area contributed by atoms with Gasteiger partial charge in [0.2, 0.25) is 9.04 Å². The van der Waals surface area contributed by atoms with Crippen LogP contribution in [0.25, 0.3) is 0 Å². The van der Waals surface area contributed by atoms with E-state index in [0.717, 1.165) is 17.1 Å². The van der Waals surface area contributed by atoms with Crippen LogP contribution in [0.5, 0.6) is 5.75 Å². The van der Waals surface area contributed by atoms with Gasteiger partial charge in [-0.05, 0) is 37.4 Å². The Kier molecular flexibility index (Phi) is 4.25. The van der Waals surface area contributed by atoms with Crippen molar-refractivity contribution in [3.8, 4) is 5.75 Å². The molecule has 0 aliphatic carbocycles. The van der Waals surface area contributed by atoms with Crippen molar-refractivity contribution >= 4 is 20.9 Å². The number of aromatic nitrogens is 1. The van der Waals surface area contributed by atoms with Crippen LogP contribution in [-0.4, -0.2) is 20.2 Å². The molecule has 0 amide bonds. The van der Waals surface area contributed by atoms with Crippen molar-refractivity contribution in [3.63, 3.8) is 0 Å². The van der Waals surface area contributed by atoms with Crippen LogP contribution in [0.15, 0.2) is 53.7 Å². The molecule has 0 saturated carbocycles. The average Bonchev–Trinajstić information content (AvgIpc) is 2.38. The molecule has 0 radical (unpaired) electrons. The summed E-state index contributed by atoms with van der Waals surface area (Å²) in [6.07, 6.45) is 3.51. The third-order valence-corrected chi connectivity index (χ3v) is 2.98. The highest BCUT2D eigenvalue weighted by Gasteiger charge is 2.03. The number of benzene rings is 1. The maximum Gasteiger partial charge on any atom is 0.229 e. The Morgan fingerprint density at radius 3 is 2.61 bits per heavy atom. The Morgan fingerprint density at radius 2 is 1.89 bits per heavy atom. The molecule has 0 fully saturated rings. The molecule has 0 aliphatic rings. The zero-order valence-corrected chi connectivity index (χ0v) is 11.7. The van der Waals surface area contributed by atoms with Gasteiger partial charge in [0.1, 0.15) is 11.4 Å². The van der Waals surface area contributed by atoms with Crippen LogP contribution >= 0.6 is 0 Å². The minimum Gasteiger partial charge on any atom is -0.546 e. The van der Waals surface area contributed by atoms with E-state index in [1.807, 2.05) is 42.5 Å². The average molecular weight is 256 g/mol. The zero-order chi connectivity index (χ0) is 12.8. The van der Waals surface area contributed by atoms with Crippen molar-refractivity contribution in [1.29, 1.82) is 0 Å². The molecular formula is C14H16N2OSi. The second kappa shape index (κ2) is 6.12. The minimum atomic E-state index is -1.11. The molecule has 0 atom stereocenters. The lowest BCUT2D eigenvalue weighted by Crippen LogP contribution is -2.11. The van der Waals surface area contributed by atoms with Gasteiger partial charge in [-0.15, -0.1) is 0 Å². The van der Waals surface area contributed by atoms with Gasteiger partial charge in [-0.25, -0.2) is 0 Å². The van der Waals surface area contributed by atoms with Gasteiger partial charge in [-0.1, -0.05) is 18.2 Å². The minimum absolute atomic E-state index is 0.842. The van der Waals surface area contributed by atoms with Gasteiger partial charge in [0.25, 0.3) is 0 Å². The van der Waals surface area contributed by atoms with Crippen molar-refractivity contribution in [1.82, 2.24) is 4.98 Å². The monoisotopic (exact) mass is 256 g/mol. The van der Waals surface area contributed by atoms with Crippen LogP contribution in [0.1, 0.15) is 5.69 Å². The number of hydrogen-bond donors (Lipinski definition) is 0. The molecule has 92 valence electrons. The second-order valence-corrected chi connectivity index (χ2v) is 6.48. The van der Waals surface area contributed by atoms with Crippen LogP contribution < -0.4 is 4.43 Å². The molecule has 0 bridgehead atoms. The van der Waals surface area contributed by atoms with Gasteiger partial charge >= 0.3 is 0 Å². The summed E-state index contributed by atoms with van der Waals surface area (Å²) in [7, 11) is -1.11. The third kappa shape index (κ3) is 3.53. The number of hydrogen-bond acceptors (Lipinski definition) is 3. The van der Waals surface area contributed by atoms with E-state index in [1.54, 1.807) is 12.4 Å². The number of rotatable bonds is 4. The van der Waals surface area contributed by atoms with Crippen LogP contribution in [0.2, 0.25) is 13.1 Å². The highest BCUT2D eigenvalue weighted by molar-refractivity contribution is 6.49. The number of aliphatic imine (C=N–C) groups is 1. The first-order valence-corrected chi connectivity index (χ1v) is 8.74. The fourth-order valence-electron chi connectivity index (χ4n) is 1.51. The molecule has 1 aromatic heterocycles. The van der Waals surface area contributed by atoms with E-state index < -0.39 is 9.04 Å². The predicted octanol–water partition coefficient (Wildman–Crippen LogP) is 3.19. The molecule has 3 nitrogen and oxygen atoms in total. The van der Waals surface area contributed by atoms with Gasteiger partial charge in [0.05, 0.1) is 11.9 Å². The van der Waals surface area contributed by atoms with Gasteiger partial charge < -0.3 is 4.43 Å². The maximum absolute atomic E-state index is 5.84. The quantitative estimate of drug-likeness (QED) is 0.622. The van der Waals surface area contributed by atoms with Crippen LogP contribution in [-0.2, 0) is 0 Å². The van der Waals surface area contributed by atoms with E-state index in [9.17, 15) is 0 Å². The summed E-state index contributed by atoms with van der Waals surface area (Å²) in [6, 6.07) is 13.6. The molecule has 0 aliphatic heterocycles. The highest BCUT2D eigenvalue weighted by Crippen LogP contribution is 2.27. The molecule has 1 heterocycles. The Morgan fingerprint density at radius 1 is 1.11 bits per heavy atom. The van der Waals surface area contributed by atoms with E-state index in [4.69, 9.17) is 4.43 Å². The molecule has 2 rings (SSSR count). The standard InChI is InChI=1S/C14H16N2OSi/c1-18(2)17-14-9-4-3-8-13(14)16-11-12-7-5-6-10-15-12/h3-11,18H,1-2H3. The van der Waals surface area contributed by atoms with Crippen molar-refractivity contribution < 1.29 is 4.43 Å². The molecule has 0 saturated heterocycles. The predicted molar refractivity (Wildman–Crippen MR) is 77.4 cm³/mol. The molecular weight excluding hydrogens is 240 g/mol. The van der Waals surface area contributed by atoms with E-state index in [-0.39, 0.29) is 0 Å². The number of pyridine rings is 1. The third-order valence-electron chi connectivity index (χ3n) is 2.25. The van der Waals surface area contributed by atoms with Crippen LogP contribution in [0.3, 0.4) is 0 Å². The summed E-state index contributed by atoms with van der Waals surface area (Å²) >= 11 is 0. The number of para-hydroxylation sites is 2. The first-order chi connectivity index (χ1) is 8.75. The number of nitrogens with zero attached hydrogens (tertiary/aromatic N) is 2. The lowest BCUT2D eigenvalue weighted by Gasteiger charge is -2.11. The van der Waals surface area contributed by atoms with Gasteiger partial charge in [0.15, 0.2) is 0 Å². The first kappa shape index (κ1) is 12.5. The summed E-state index contributed by atoms with van der Waals surface area (Å²) in [5, 5.41) is 0. The summed E-state index contributed by atoms with van der Waals surface area (Å²) in [6.45, 7) is 4.28. The van der Waals surface area contributed by atoms with Crippen LogP contribution in [0.4, 0.5) is 5.69 Å². The largest absolute Gasteiger partial charge is 0.546 e. The van der Waals surface area contributed by atoms with Crippen LogP contribution in [0, 0.1) is 0 Å². The normalized spacial score (nSPS) is 11.1. The summed E-state index contributed by atoms with van der Waals surface area (Å²) in [5.74, 6) is 0.853.